The van der Waals surface area contributed by atoms with Crippen molar-refractivity contribution in [1.29, 1.82) is 0 Å². The third-order valence-electron chi connectivity index (χ3n) is 2.49. The monoisotopic (exact) mass is 273 g/mol. The summed E-state index contributed by atoms with van der Waals surface area (Å²) in [5, 5.41) is 2.88. The van der Waals surface area contributed by atoms with Gasteiger partial charge in [0.05, 0.1) is 12.1 Å². The molecule has 1 aromatic heterocycles. The lowest BCUT2D eigenvalue weighted by atomic mass is 10.1. The van der Waals surface area contributed by atoms with E-state index in [0.29, 0.717) is 17.0 Å². The molecular weight excluding hydrogens is 262 g/mol. The normalized spacial score (nSPS) is 25.5. The molecule has 15 heavy (non-hydrogen) atoms. The minimum Gasteiger partial charge on any atom is -0.444 e. The summed E-state index contributed by atoms with van der Waals surface area (Å²) in [6.07, 6.45) is 0.932. The van der Waals surface area contributed by atoms with E-state index in [1.54, 1.807) is 12.1 Å². The van der Waals surface area contributed by atoms with Gasteiger partial charge in [0, 0.05) is 6.61 Å². The fourth-order valence-corrected chi connectivity index (χ4v) is 1.90. The Bertz CT molecular complexity index is 363. The second-order valence-electron chi connectivity index (χ2n) is 3.55. The minimum atomic E-state index is -0.192. The number of amides is 1. The Morgan fingerprint density at radius 2 is 2.40 bits per heavy atom. The summed E-state index contributed by atoms with van der Waals surface area (Å²) in [5.74, 6) is 0.129. The van der Waals surface area contributed by atoms with Crippen molar-refractivity contribution in [2.75, 3.05) is 6.61 Å². The predicted molar refractivity (Wildman–Crippen MR) is 57.7 cm³/mol. The fourth-order valence-electron chi connectivity index (χ4n) is 1.60. The number of nitrogens with one attached hydrogen (secondary N) is 1. The predicted octanol–water partition coefficient (Wildman–Crippen LogP) is 1.95. The topological polar surface area (TPSA) is 51.5 Å². The van der Waals surface area contributed by atoms with Crippen molar-refractivity contribution in [2.24, 2.45) is 0 Å². The Morgan fingerprint density at radius 1 is 1.60 bits per heavy atom. The molecule has 0 radical (unpaired) electrons. The van der Waals surface area contributed by atoms with Gasteiger partial charge in [0.2, 0.25) is 0 Å². The largest absolute Gasteiger partial charge is 0.444 e. The van der Waals surface area contributed by atoms with Gasteiger partial charge in [-0.15, -0.1) is 0 Å². The number of furan rings is 1. The fraction of sp³-hybridized carbons (Fsp3) is 0.500. The highest BCUT2D eigenvalue weighted by atomic mass is 79.9. The maximum atomic E-state index is 11.7. The van der Waals surface area contributed by atoms with E-state index in [1.165, 1.54) is 0 Å². The zero-order chi connectivity index (χ0) is 10.8. The van der Waals surface area contributed by atoms with Crippen LogP contribution in [0.25, 0.3) is 0 Å². The SMILES string of the molecule is CC1OCCC1NC(=O)c1ccc(Br)o1. The molecule has 82 valence electrons. The van der Waals surface area contributed by atoms with Crippen LogP contribution in [0.5, 0.6) is 0 Å². The lowest BCUT2D eigenvalue weighted by Crippen LogP contribution is -2.38. The van der Waals surface area contributed by atoms with E-state index < -0.39 is 0 Å². The van der Waals surface area contributed by atoms with Gasteiger partial charge in [-0.3, -0.25) is 4.79 Å². The Kier molecular flexibility index (Phi) is 3.11. The Hall–Kier alpha value is -0.810. The third kappa shape index (κ3) is 2.41. The molecule has 1 amide bonds. The Balaban J connectivity index is 1.97. The van der Waals surface area contributed by atoms with Crippen LogP contribution in [0.1, 0.15) is 23.9 Å². The van der Waals surface area contributed by atoms with E-state index in [0.717, 1.165) is 6.42 Å². The molecule has 1 aromatic rings. The molecule has 1 aliphatic heterocycles. The van der Waals surface area contributed by atoms with Gasteiger partial charge in [-0.05, 0) is 41.4 Å². The van der Waals surface area contributed by atoms with Crippen LogP contribution in [0.15, 0.2) is 21.2 Å². The molecular formula is C10H12BrNO3. The first kappa shape index (κ1) is 10.7. The number of hydrogen-bond acceptors (Lipinski definition) is 3. The summed E-state index contributed by atoms with van der Waals surface area (Å²) in [7, 11) is 0. The number of hydrogen-bond donors (Lipinski definition) is 1. The maximum Gasteiger partial charge on any atom is 0.287 e. The molecule has 0 aromatic carbocycles. The van der Waals surface area contributed by atoms with Crippen LogP contribution >= 0.6 is 15.9 Å². The molecule has 0 aliphatic carbocycles. The molecule has 2 atom stereocenters. The molecule has 1 saturated heterocycles. The van der Waals surface area contributed by atoms with Gasteiger partial charge in [-0.2, -0.15) is 0 Å². The molecule has 2 rings (SSSR count). The maximum absolute atomic E-state index is 11.7. The zero-order valence-electron chi connectivity index (χ0n) is 8.33. The highest BCUT2D eigenvalue weighted by molar-refractivity contribution is 9.10. The zero-order valence-corrected chi connectivity index (χ0v) is 9.91. The summed E-state index contributed by atoms with van der Waals surface area (Å²) in [5.41, 5.74) is 0. The molecule has 2 unspecified atom stereocenters. The Labute approximate surface area is 96.1 Å². The lowest BCUT2D eigenvalue weighted by Gasteiger charge is -2.14. The van der Waals surface area contributed by atoms with Gasteiger partial charge in [0.1, 0.15) is 0 Å². The molecule has 2 heterocycles. The summed E-state index contributed by atoms with van der Waals surface area (Å²) in [6, 6.07) is 3.42. The van der Waals surface area contributed by atoms with Crippen molar-refractivity contribution in [2.45, 2.75) is 25.5 Å². The van der Waals surface area contributed by atoms with E-state index in [4.69, 9.17) is 9.15 Å². The number of ether oxygens (including phenoxy) is 1. The van der Waals surface area contributed by atoms with E-state index in [1.807, 2.05) is 6.92 Å². The first-order chi connectivity index (χ1) is 7.16. The molecule has 1 aliphatic rings. The van der Waals surface area contributed by atoms with Gasteiger partial charge < -0.3 is 14.5 Å². The molecule has 0 spiro atoms. The Morgan fingerprint density at radius 3 is 2.93 bits per heavy atom. The summed E-state index contributed by atoms with van der Waals surface area (Å²) in [4.78, 5) is 11.7. The van der Waals surface area contributed by atoms with E-state index in [-0.39, 0.29) is 18.1 Å². The van der Waals surface area contributed by atoms with Crippen molar-refractivity contribution >= 4 is 21.8 Å². The standard InChI is InChI=1S/C10H12BrNO3/c1-6-7(4-5-14-6)12-10(13)8-2-3-9(11)15-8/h2-3,6-7H,4-5H2,1H3,(H,12,13). The van der Waals surface area contributed by atoms with Crippen LogP contribution < -0.4 is 5.32 Å². The number of halogens is 1. The highest BCUT2D eigenvalue weighted by Gasteiger charge is 2.26. The van der Waals surface area contributed by atoms with Gasteiger partial charge in [0.25, 0.3) is 5.91 Å². The molecule has 1 fully saturated rings. The highest BCUT2D eigenvalue weighted by Crippen LogP contribution is 2.16. The van der Waals surface area contributed by atoms with Gasteiger partial charge in [0.15, 0.2) is 10.4 Å². The molecule has 0 saturated carbocycles. The van der Waals surface area contributed by atoms with Gasteiger partial charge >= 0.3 is 0 Å². The molecule has 0 bridgehead atoms. The molecule has 1 N–H and O–H groups in total. The third-order valence-corrected chi connectivity index (χ3v) is 2.92. The molecule has 4 nitrogen and oxygen atoms in total. The van der Waals surface area contributed by atoms with E-state index >= 15 is 0 Å². The van der Waals surface area contributed by atoms with Crippen LogP contribution in [-0.2, 0) is 4.74 Å². The summed E-state index contributed by atoms with van der Waals surface area (Å²) >= 11 is 3.15. The van der Waals surface area contributed by atoms with Crippen molar-refractivity contribution in [3.8, 4) is 0 Å². The van der Waals surface area contributed by atoms with E-state index in [9.17, 15) is 4.79 Å². The minimum absolute atomic E-state index is 0.0763. The van der Waals surface area contributed by atoms with E-state index in [2.05, 4.69) is 21.2 Å². The van der Waals surface area contributed by atoms with Crippen LogP contribution in [-0.4, -0.2) is 24.7 Å². The van der Waals surface area contributed by atoms with Crippen molar-refractivity contribution in [3.05, 3.63) is 22.6 Å². The van der Waals surface area contributed by atoms with Gasteiger partial charge in [-0.25, -0.2) is 0 Å². The van der Waals surface area contributed by atoms with Crippen LogP contribution in [0.2, 0.25) is 0 Å². The van der Waals surface area contributed by atoms with Crippen LogP contribution in [0, 0.1) is 0 Å². The summed E-state index contributed by atoms with van der Waals surface area (Å²) < 4.78 is 11.1. The average Bonchev–Trinajstić information content (AvgIpc) is 2.77. The van der Waals surface area contributed by atoms with Crippen LogP contribution in [0.3, 0.4) is 0 Å². The van der Waals surface area contributed by atoms with Gasteiger partial charge in [-0.1, -0.05) is 0 Å². The number of carbonyl (C=O) groups is 1. The second-order valence-corrected chi connectivity index (χ2v) is 4.33. The quantitative estimate of drug-likeness (QED) is 0.896. The summed E-state index contributed by atoms with van der Waals surface area (Å²) in [6.45, 7) is 2.66. The lowest BCUT2D eigenvalue weighted by molar-refractivity contribution is 0.0841. The van der Waals surface area contributed by atoms with Crippen LogP contribution in [0.4, 0.5) is 0 Å². The molecule has 5 heteroatoms. The van der Waals surface area contributed by atoms with Crippen molar-refractivity contribution in [3.63, 3.8) is 0 Å². The number of rotatable bonds is 2. The van der Waals surface area contributed by atoms with Crippen molar-refractivity contribution < 1.29 is 13.9 Å². The number of carbonyl (C=O) groups excluding carboxylic acids is 1. The first-order valence-corrected chi connectivity index (χ1v) is 5.64. The second kappa shape index (κ2) is 4.37. The smallest absolute Gasteiger partial charge is 0.287 e. The average molecular weight is 274 g/mol. The first-order valence-electron chi connectivity index (χ1n) is 4.84. The van der Waals surface area contributed by atoms with Crippen molar-refractivity contribution in [1.82, 2.24) is 5.32 Å².